The number of anilines is 1. The fourth-order valence-corrected chi connectivity index (χ4v) is 2.73. The predicted octanol–water partition coefficient (Wildman–Crippen LogP) is 3.67. The highest BCUT2D eigenvalue weighted by Crippen LogP contribution is 2.27. The summed E-state index contributed by atoms with van der Waals surface area (Å²) in [6.07, 6.45) is 3.60. The number of hydrogen-bond donors (Lipinski definition) is 2. The summed E-state index contributed by atoms with van der Waals surface area (Å²) < 4.78 is 5.62. The van der Waals surface area contributed by atoms with E-state index in [2.05, 4.69) is 23.5 Å². The summed E-state index contributed by atoms with van der Waals surface area (Å²) in [6.45, 7) is 4.69. The second-order valence-electron chi connectivity index (χ2n) is 6.09. The molecule has 1 aliphatic rings. The van der Waals surface area contributed by atoms with Crippen LogP contribution >= 0.6 is 0 Å². The van der Waals surface area contributed by atoms with Crippen LogP contribution in [0.15, 0.2) is 24.3 Å². The van der Waals surface area contributed by atoms with Crippen LogP contribution in [0.5, 0.6) is 0 Å². The third kappa shape index (κ3) is 5.05. The molecule has 0 radical (unpaired) electrons. The van der Waals surface area contributed by atoms with Crippen molar-refractivity contribution in [2.75, 3.05) is 5.32 Å². The molecular weight excluding hydrogens is 266 g/mol. The van der Waals surface area contributed by atoms with Gasteiger partial charge in [0.15, 0.2) is 0 Å². The Labute approximate surface area is 126 Å². The lowest BCUT2D eigenvalue weighted by atomic mass is 9.86. The van der Waals surface area contributed by atoms with Gasteiger partial charge in [-0.05, 0) is 57.2 Å². The van der Waals surface area contributed by atoms with Crippen molar-refractivity contribution in [3.05, 3.63) is 29.8 Å². The molecule has 1 aromatic rings. The summed E-state index contributed by atoms with van der Waals surface area (Å²) in [5, 5.41) is 12.5. The fraction of sp³-hybridized carbons (Fsp3) is 0.588. The molecule has 0 bridgehead atoms. The molecule has 1 saturated carbocycles. The molecule has 0 atom stereocenters. The van der Waals surface area contributed by atoms with Crippen LogP contribution < -0.4 is 5.32 Å². The third-order valence-corrected chi connectivity index (χ3v) is 3.96. The Balaban J connectivity index is 1.86. The lowest BCUT2D eigenvalue weighted by molar-refractivity contribution is -0.142. The van der Waals surface area contributed by atoms with Crippen molar-refractivity contribution in [1.29, 1.82) is 0 Å². The van der Waals surface area contributed by atoms with E-state index >= 15 is 0 Å². The summed E-state index contributed by atoms with van der Waals surface area (Å²) >= 11 is 0. The van der Waals surface area contributed by atoms with Crippen LogP contribution in [0.1, 0.15) is 45.1 Å². The van der Waals surface area contributed by atoms with E-state index in [1.165, 1.54) is 0 Å². The minimum Gasteiger partial charge on any atom is -0.481 e. The van der Waals surface area contributed by atoms with Gasteiger partial charge in [-0.15, -0.1) is 0 Å². The number of rotatable bonds is 6. The van der Waals surface area contributed by atoms with Gasteiger partial charge < -0.3 is 15.2 Å². The first kappa shape index (κ1) is 15.8. The average molecular weight is 291 g/mol. The molecule has 0 aliphatic heterocycles. The van der Waals surface area contributed by atoms with Gasteiger partial charge in [0, 0.05) is 11.7 Å². The van der Waals surface area contributed by atoms with Gasteiger partial charge in [0.2, 0.25) is 0 Å². The number of carbonyl (C=O) groups is 1. The third-order valence-electron chi connectivity index (χ3n) is 3.96. The number of ether oxygens (including phenoxy) is 1. The number of nitrogens with one attached hydrogen (secondary N) is 1. The van der Waals surface area contributed by atoms with Gasteiger partial charge in [0.05, 0.1) is 18.6 Å². The summed E-state index contributed by atoms with van der Waals surface area (Å²) in [5.74, 6) is -0.810. The van der Waals surface area contributed by atoms with Crippen LogP contribution in [0.3, 0.4) is 0 Å². The first-order chi connectivity index (χ1) is 10.0. The van der Waals surface area contributed by atoms with Crippen molar-refractivity contribution in [3.8, 4) is 0 Å². The lowest BCUT2D eigenvalue weighted by Gasteiger charge is -2.27. The van der Waals surface area contributed by atoms with Crippen molar-refractivity contribution in [1.82, 2.24) is 0 Å². The van der Waals surface area contributed by atoms with E-state index in [1.807, 2.05) is 19.9 Å². The zero-order chi connectivity index (χ0) is 15.2. The summed E-state index contributed by atoms with van der Waals surface area (Å²) in [6, 6.07) is 8.65. The van der Waals surface area contributed by atoms with E-state index in [0.29, 0.717) is 12.6 Å². The number of carboxylic acid groups (broad SMARTS) is 1. The highest BCUT2D eigenvalue weighted by atomic mass is 16.5. The Morgan fingerprint density at radius 2 is 2.05 bits per heavy atom. The van der Waals surface area contributed by atoms with Crippen LogP contribution in [0.2, 0.25) is 0 Å². The SMILES string of the molecule is CC(C)OCc1cccc(NC2CCC(C(=O)O)CC2)c1. The Morgan fingerprint density at radius 1 is 1.33 bits per heavy atom. The van der Waals surface area contributed by atoms with Crippen LogP contribution in [0, 0.1) is 5.92 Å². The van der Waals surface area contributed by atoms with Crippen LogP contribution in [0.4, 0.5) is 5.69 Å². The number of carboxylic acids is 1. The molecule has 1 fully saturated rings. The van der Waals surface area contributed by atoms with E-state index in [4.69, 9.17) is 9.84 Å². The van der Waals surface area contributed by atoms with Gasteiger partial charge >= 0.3 is 5.97 Å². The van der Waals surface area contributed by atoms with Gasteiger partial charge in [-0.25, -0.2) is 0 Å². The van der Waals surface area contributed by atoms with Gasteiger partial charge in [-0.3, -0.25) is 4.79 Å². The molecule has 1 aromatic carbocycles. The monoisotopic (exact) mass is 291 g/mol. The van der Waals surface area contributed by atoms with Gasteiger partial charge in [0.25, 0.3) is 0 Å². The summed E-state index contributed by atoms with van der Waals surface area (Å²) in [5.41, 5.74) is 2.26. The minimum atomic E-state index is -0.652. The largest absolute Gasteiger partial charge is 0.481 e. The van der Waals surface area contributed by atoms with E-state index in [0.717, 1.165) is 36.9 Å². The number of benzene rings is 1. The van der Waals surface area contributed by atoms with Crippen LogP contribution in [0.25, 0.3) is 0 Å². The number of hydrogen-bond acceptors (Lipinski definition) is 3. The molecule has 4 nitrogen and oxygen atoms in total. The minimum absolute atomic E-state index is 0.158. The van der Waals surface area contributed by atoms with Crippen molar-refractivity contribution in [2.45, 2.75) is 58.3 Å². The normalized spacial score (nSPS) is 22.2. The summed E-state index contributed by atoms with van der Waals surface area (Å²) in [4.78, 5) is 11.0. The standard InChI is InChI=1S/C17H25NO3/c1-12(2)21-11-13-4-3-5-16(10-13)18-15-8-6-14(7-9-15)17(19)20/h3-5,10,12,14-15,18H,6-9,11H2,1-2H3,(H,19,20). The van der Waals surface area contributed by atoms with Gasteiger partial charge in [-0.1, -0.05) is 12.1 Å². The van der Waals surface area contributed by atoms with Crippen LogP contribution in [-0.4, -0.2) is 23.2 Å². The van der Waals surface area contributed by atoms with E-state index in [1.54, 1.807) is 0 Å². The van der Waals surface area contributed by atoms with Crippen molar-refractivity contribution in [2.24, 2.45) is 5.92 Å². The molecular formula is C17H25NO3. The first-order valence-electron chi connectivity index (χ1n) is 7.74. The maximum absolute atomic E-state index is 11.0. The highest BCUT2D eigenvalue weighted by molar-refractivity contribution is 5.70. The molecule has 116 valence electrons. The van der Waals surface area contributed by atoms with E-state index in [9.17, 15) is 4.79 Å². The topological polar surface area (TPSA) is 58.6 Å². The predicted molar refractivity (Wildman–Crippen MR) is 83.4 cm³/mol. The quantitative estimate of drug-likeness (QED) is 0.839. The Kier molecular flexibility index (Phi) is 5.62. The molecule has 0 aromatic heterocycles. The van der Waals surface area contributed by atoms with Crippen molar-refractivity contribution in [3.63, 3.8) is 0 Å². The molecule has 0 unspecified atom stereocenters. The van der Waals surface area contributed by atoms with E-state index in [-0.39, 0.29) is 12.0 Å². The molecule has 4 heteroatoms. The second-order valence-corrected chi connectivity index (χ2v) is 6.09. The van der Waals surface area contributed by atoms with Crippen LogP contribution in [-0.2, 0) is 16.1 Å². The number of aliphatic carboxylic acids is 1. The van der Waals surface area contributed by atoms with Gasteiger partial charge in [0.1, 0.15) is 0 Å². The molecule has 0 spiro atoms. The molecule has 0 amide bonds. The highest BCUT2D eigenvalue weighted by Gasteiger charge is 2.25. The maximum Gasteiger partial charge on any atom is 0.306 e. The average Bonchev–Trinajstić information content (AvgIpc) is 2.46. The van der Waals surface area contributed by atoms with E-state index < -0.39 is 5.97 Å². The van der Waals surface area contributed by atoms with Crippen molar-refractivity contribution >= 4 is 11.7 Å². The fourth-order valence-electron chi connectivity index (χ4n) is 2.73. The smallest absolute Gasteiger partial charge is 0.306 e. The summed E-state index contributed by atoms with van der Waals surface area (Å²) in [7, 11) is 0. The Bertz CT molecular complexity index is 465. The Hall–Kier alpha value is -1.55. The zero-order valence-corrected chi connectivity index (χ0v) is 12.8. The molecule has 21 heavy (non-hydrogen) atoms. The first-order valence-corrected chi connectivity index (χ1v) is 7.74. The Morgan fingerprint density at radius 3 is 2.67 bits per heavy atom. The lowest BCUT2D eigenvalue weighted by Crippen LogP contribution is -2.29. The second kappa shape index (κ2) is 7.46. The molecule has 0 saturated heterocycles. The maximum atomic E-state index is 11.0. The molecule has 2 rings (SSSR count). The van der Waals surface area contributed by atoms with Crippen molar-refractivity contribution < 1.29 is 14.6 Å². The molecule has 0 heterocycles. The molecule has 1 aliphatic carbocycles. The zero-order valence-electron chi connectivity index (χ0n) is 12.8. The molecule has 2 N–H and O–H groups in total. The van der Waals surface area contributed by atoms with Gasteiger partial charge in [-0.2, -0.15) is 0 Å².